The Hall–Kier alpha value is -0.140. The van der Waals surface area contributed by atoms with Crippen molar-refractivity contribution in [3.63, 3.8) is 0 Å². The summed E-state index contributed by atoms with van der Waals surface area (Å²) in [7, 11) is -3.44. The molecule has 7 heteroatoms. The van der Waals surface area contributed by atoms with Crippen LogP contribution in [0.3, 0.4) is 0 Å². The van der Waals surface area contributed by atoms with Gasteiger partial charge in [-0.25, -0.2) is 8.42 Å². The van der Waals surface area contributed by atoms with E-state index in [1.165, 1.54) is 15.6 Å². The van der Waals surface area contributed by atoms with Gasteiger partial charge in [-0.1, -0.05) is 6.92 Å². The van der Waals surface area contributed by atoms with E-state index in [1.54, 1.807) is 6.07 Å². The third-order valence-corrected chi connectivity index (χ3v) is 7.55. The number of hydrogen-bond acceptors (Lipinski definition) is 4. The first-order valence-electron chi connectivity index (χ1n) is 6.76. The number of ether oxygens (including phenoxy) is 1. The first-order valence-corrected chi connectivity index (χ1v) is 9.55. The van der Waals surface area contributed by atoms with Crippen LogP contribution in [-0.2, 0) is 20.6 Å². The first-order chi connectivity index (χ1) is 9.48. The van der Waals surface area contributed by atoms with Gasteiger partial charge in [-0.05, 0) is 31.4 Å². The Morgan fingerprint density at radius 2 is 2.30 bits per heavy atom. The molecular formula is C13H20ClNO3S2. The molecule has 1 unspecified atom stereocenters. The molecule has 20 heavy (non-hydrogen) atoms. The van der Waals surface area contributed by atoms with Gasteiger partial charge in [0.2, 0.25) is 0 Å². The van der Waals surface area contributed by atoms with Gasteiger partial charge in [0.05, 0.1) is 12.0 Å². The number of thiophene rings is 1. The first kappa shape index (κ1) is 16.2. The molecule has 1 fully saturated rings. The second-order valence-corrected chi connectivity index (χ2v) is 8.46. The molecule has 1 aromatic heterocycles. The van der Waals surface area contributed by atoms with Crippen LogP contribution in [0, 0.1) is 6.92 Å². The van der Waals surface area contributed by atoms with Gasteiger partial charge >= 0.3 is 0 Å². The highest BCUT2D eigenvalue weighted by atomic mass is 35.5. The van der Waals surface area contributed by atoms with Gasteiger partial charge in [0.25, 0.3) is 10.0 Å². The number of sulfonamides is 1. The molecule has 114 valence electrons. The molecule has 0 N–H and O–H groups in total. The topological polar surface area (TPSA) is 46.6 Å². The summed E-state index contributed by atoms with van der Waals surface area (Å²) in [5.74, 6) is 0.351. The third kappa shape index (κ3) is 3.36. The second kappa shape index (κ2) is 6.75. The molecule has 1 atom stereocenters. The van der Waals surface area contributed by atoms with Crippen LogP contribution < -0.4 is 0 Å². The largest absolute Gasteiger partial charge is 0.377 e. The molecule has 4 nitrogen and oxygen atoms in total. The smallest absolute Gasteiger partial charge is 0.252 e. The third-order valence-electron chi connectivity index (χ3n) is 3.50. The van der Waals surface area contributed by atoms with E-state index in [1.807, 2.05) is 13.8 Å². The van der Waals surface area contributed by atoms with Crippen molar-refractivity contribution >= 4 is 33.0 Å². The molecule has 0 aromatic carbocycles. The molecule has 2 heterocycles. The van der Waals surface area contributed by atoms with E-state index in [4.69, 9.17) is 16.3 Å². The normalized spacial score (nSPS) is 19.9. The highest BCUT2D eigenvalue weighted by molar-refractivity contribution is 7.91. The van der Waals surface area contributed by atoms with Gasteiger partial charge in [0.15, 0.2) is 0 Å². The van der Waals surface area contributed by atoms with Crippen molar-refractivity contribution in [2.75, 3.05) is 19.7 Å². The van der Waals surface area contributed by atoms with Crippen molar-refractivity contribution < 1.29 is 13.2 Å². The molecule has 1 saturated heterocycles. The fourth-order valence-electron chi connectivity index (χ4n) is 2.29. The highest BCUT2D eigenvalue weighted by Crippen LogP contribution is 2.30. The number of aryl methyl sites for hydroxylation is 1. The van der Waals surface area contributed by atoms with Gasteiger partial charge in [-0.15, -0.1) is 22.9 Å². The number of halogens is 1. The van der Waals surface area contributed by atoms with Crippen LogP contribution in [0.25, 0.3) is 0 Å². The molecule has 1 aliphatic heterocycles. The molecule has 0 radical (unpaired) electrons. The van der Waals surface area contributed by atoms with Gasteiger partial charge in [-0.2, -0.15) is 4.31 Å². The molecular weight excluding hydrogens is 318 g/mol. The minimum Gasteiger partial charge on any atom is -0.377 e. The summed E-state index contributed by atoms with van der Waals surface area (Å²) in [6, 6.07) is 1.72. The summed E-state index contributed by atoms with van der Waals surface area (Å²) in [5, 5.41) is 0. The Bertz CT molecular complexity index is 550. The molecule has 1 aromatic rings. The summed E-state index contributed by atoms with van der Waals surface area (Å²) < 4.78 is 32.8. The Labute approximate surface area is 129 Å². The maximum absolute atomic E-state index is 12.7. The van der Waals surface area contributed by atoms with Crippen LogP contribution >= 0.6 is 22.9 Å². The number of alkyl halides is 1. The molecule has 0 aliphatic carbocycles. The van der Waals surface area contributed by atoms with Crippen molar-refractivity contribution in [2.24, 2.45) is 0 Å². The Kier molecular flexibility index (Phi) is 5.48. The quantitative estimate of drug-likeness (QED) is 0.750. The van der Waals surface area contributed by atoms with E-state index in [0.29, 0.717) is 23.2 Å². The zero-order valence-corrected chi connectivity index (χ0v) is 14.2. The van der Waals surface area contributed by atoms with Crippen LogP contribution in [0.5, 0.6) is 0 Å². The fraction of sp³-hybridized carbons (Fsp3) is 0.692. The lowest BCUT2D eigenvalue weighted by Gasteiger charge is -2.22. The average Bonchev–Trinajstić information content (AvgIpc) is 3.04. The average molecular weight is 338 g/mol. The van der Waals surface area contributed by atoms with E-state index in [0.717, 1.165) is 29.9 Å². The van der Waals surface area contributed by atoms with Gasteiger partial charge in [0.1, 0.15) is 4.21 Å². The predicted octanol–water partition coefficient (Wildman–Crippen LogP) is 2.98. The predicted molar refractivity (Wildman–Crippen MR) is 82.0 cm³/mol. The lowest BCUT2D eigenvalue weighted by molar-refractivity contribution is 0.0947. The van der Waals surface area contributed by atoms with Gasteiger partial charge in [0, 0.05) is 24.6 Å². The van der Waals surface area contributed by atoms with Crippen LogP contribution in [0.1, 0.15) is 30.2 Å². The molecule has 1 aliphatic rings. The van der Waals surface area contributed by atoms with Crippen molar-refractivity contribution in [1.82, 2.24) is 4.31 Å². The highest BCUT2D eigenvalue weighted by Gasteiger charge is 2.29. The van der Waals surface area contributed by atoms with Crippen LogP contribution in [0.4, 0.5) is 0 Å². The lowest BCUT2D eigenvalue weighted by atomic mass is 10.2. The zero-order valence-electron chi connectivity index (χ0n) is 11.8. The zero-order chi connectivity index (χ0) is 14.8. The number of hydrogen-bond donors (Lipinski definition) is 0. The maximum Gasteiger partial charge on any atom is 0.252 e. The minimum absolute atomic E-state index is 0.0262. The number of rotatable bonds is 6. The van der Waals surface area contributed by atoms with Gasteiger partial charge in [-0.3, -0.25) is 0 Å². The minimum atomic E-state index is -3.44. The number of likely N-dealkylation sites (N-methyl/N-ethyl adjacent to an activating group) is 1. The second-order valence-electron chi connectivity index (χ2n) is 4.90. The standard InChI is InChI=1S/C13H20ClNO3S2/c1-3-15(9-11-5-4-6-18-11)20(16,17)13-7-10(2)12(8-14)19-13/h7,11H,3-6,8-9H2,1-2H3. The van der Waals surface area contributed by atoms with E-state index in [-0.39, 0.29) is 6.10 Å². The fourth-order valence-corrected chi connectivity index (χ4v) is 5.74. The van der Waals surface area contributed by atoms with E-state index >= 15 is 0 Å². The van der Waals surface area contributed by atoms with Crippen molar-refractivity contribution in [1.29, 1.82) is 0 Å². The Morgan fingerprint density at radius 3 is 2.80 bits per heavy atom. The van der Waals surface area contributed by atoms with E-state index in [9.17, 15) is 8.42 Å². The Morgan fingerprint density at radius 1 is 1.55 bits per heavy atom. The maximum atomic E-state index is 12.7. The monoisotopic (exact) mass is 337 g/mol. The van der Waals surface area contributed by atoms with Crippen LogP contribution in [0.2, 0.25) is 0 Å². The lowest BCUT2D eigenvalue weighted by Crippen LogP contribution is -2.36. The van der Waals surface area contributed by atoms with Crippen LogP contribution in [0.15, 0.2) is 10.3 Å². The molecule has 0 amide bonds. The van der Waals surface area contributed by atoms with E-state index < -0.39 is 10.0 Å². The van der Waals surface area contributed by atoms with E-state index in [2.05, 4.69) is 0 Å². The van der Waals surface area contributed by atoms with Crippen molar-refractivity contribution in [2.45, 2.75) is 42.9 Å². The summed E-state index contributed by atoms with van der Waals surface area (Å²) >= 11 is 7.09. The van der Waals surface area contributed by atoms with Gasteiger partial charge < -0.3 is 4.74 Å². The SMILES string of the molecule is CCN(CC1CCCO1)S(=O)(=O)c1cc(C)c(CCl)s1. The summed E-state index contributed by atoms with van der Waals surface area (Å²) in [6.45, 7) is 5.37. The van der Waals surface area contributed by atoms with Crippen LogP contribution in [-0.4, -0.2) is 38.5 Å². The summed E-state index contributed by atoms with van der Waals surface area (Å²) in [6.07, 6.45) is 1.97. The summed E-state index contributed by atoms with van der Waals surface area (Å²) in [5.41, 5.74) is 0.941. The molecule has 0 bridgehead atoms. The number of nitrogens with zero attached hydrogens (tertiary/aromatic N) is 1. The summed E-state index contributed by atoms with van der Waals surface area (Å²) in [4.78, 5) is 0.915. The molecule has 2 rings (SSSR count). The van der Waals surface area contributed by atoms with Crippen molar-refractivity contribution in [3.05, 3.63) is 16.5 Å². The molecule has 0 spiro atoms. The Balaban J connectivity index is 2.21. The molecule has 0 saturated carbocycles. The van der Waals surface area contributed by atoms with Crippen molar-refractivity contribution in [3.8, 4) is 0 Å².